The normalized spacial score (nSPS) is 18.7. The number of urea groups is 1. The summed E-state index contributed by atoms with van der Waals surface area (Å²) in [5.74, 6) is -2.62. The minimum Gasteiger partial charge on any atom is -0.338 e. The number of carbonyl (C=O) groups excluding carboxylic acids is 1. The first-order chi connectivity index (χ1) is 8.57. The number of hydrogen-bond donors (Lipinski definition) is 2. The molecule has 2 rings (SSSR count). The third-order valence-electron chi connectivity index (χ3n) is 3.03. The van der Waals surface area contributed by atoms with Gasteiger partial charge in [0.15, 0.2) is 0 Å². The molecule has 2 heterocycles. The molecule has 0 bridgehead atoms. The first kappa shape index (κ1) is 12.8. The van der Waals surface area contributed by atoms with Gasteiger partial charge in [-0.1, -0.05) is 0 Å². The number of alkyl halides is 2. The van der Waals surface area contributed by atoms with Crippen LogP contribution in [0.15, 0.2) is 12.4 Å². The molecule has 1 aromatic rings. The largest absolute Gasteiger partial charge is 0.338 e. The van der Waals surface area contributed by atoms with Gasteiger partial charge in [-0.15, -0.1) is 0 Å². The van der Waals surface area contributed by atoms with E-state index in [9.17, 15) is 13.6 Å². The van der Waals surface area contributed by atoms with Crippen molar-refractivity contribution in [2.24, 2.45) is 0 Å². The molecule has 1 aliphatic heterocycles. The van der Waals surface area contributed by atoms with Crippen molar-refractivity contribution >= 4 is 6.03 Å². The zero-order chi connectivity index (χ0) is 13.0. The molecule has 1 aromatic heterocycles. The Balaban J connectivity index is 1.69. The molecule has 2 N–H and O–H groups in total. The lowest BCUT2D eigenvalue weighted by atomic mass is 10.1. The molecule has 5 nitrogen and oxygen atoms in total. The van der Waals surface area contributed by atoms with Crippen LogP contribution in [0.2, 0.25) is 0 Å². The molecule has 0 aliphatic carbocycles. The Morgan fingerprint density at radius 2 is 2.22 bits per heavy atom. The summed E-state index contributed by atoms with van der Waals surface area (Å²) in [6.45, 7) is 0.709. The van der Waals surface area contributed by atoms with Crippen molar-refractivity contribution in [3.8, 4) is 0 Å². The van der Waals surface area contributed by atoms with E-state index in [1.165, 1.54) is 4.90 Å². The van der Waals surface area contributed by atoms with Gasteiger partial charge in [0.25, 0.3) is 5.92 Å². The van der Waals surface area contributed by atoms with E-state index in [1.54, 1.807) is 12.4 Å². The summed E-state index contributed by atoms with van der Waals surface area (Å²) in [7, 11) is 0. The van der Waals surface area contributed by atoms with E-state index in [1.807, 2.05) is 0 Å². The van der Waals surface area contributed by atoms with Crippen molar-refractivity contribution in [3.05, 3.63) is 18.0 Å². The fraction of sp³-hybridized carbons (Fsp3) is 0.636. The number of halogens is 2. The van der Waals surface area contributed by atoms with Crippen molar-refractivity contribution < 1.29 is 13.6 Å². The van der Waals surface area contributed by atoms with Crippen molar-refractivity contribution in [1.29, 1.82) is 0 Å². The molecule has 0 unspecified atom stereocenters. The Morgan fingerprint density at radius 1 is 1.50 bits per heavy atom. The number of nitrogens with one attached hydrogen (secondary N) is 2. The van der Waals surface area contributed by atoms with Gasteiger partial charge >= 0.3 is 6.03 Å². The molecule has 18 heavy (non-hydrogen) atoms. The molecule has 1 aliphatic rings. The maximum Gasteiger partial charge on any atom is 0.317 e. The third-order valence-corrected chi connectivity index (χ3v) is 3.03. The van der Waals surface area contributed by atoms with E-state index >= 15 is 0 Å². The van der Waals surface area contributed by atoms with Crippen molar-refractivity contribution in [1.82, 2.24) is 20.4 Å². The topological polar surface area (TPSA) is 61.0 Å². The Bertz CT molecular complexity index is 384. The Hall–Kier alpha value is -1.66. The lowest BCUT2D eigenvalue weighted by molar-refractivity contribution is -0.0469. The smallest absolute Gasteiger partial charge is 0.317 e. The summed E-state index contributed by atoms with van der Waals surface area (Å²) < 4.78 is 25.8. The standard InChI is InChI=1S/C11H16F2N4O/c12-11(13)2-5-17(6-3-11)10(18)14-4-1-9-7-15-16-8-9/h7-8H,1-6H2,(H,14,18)(H,15,16). The second-order valence-corrected chi connectivity index (χ2v) is 4.43. The van der Waals surface area contributed by atoms with Gasteiger partial charge in [-0.05, 0) is 12.0 Å². The first-order valence-electron chi connectivity index (χ1n) is 5.95. The average Bonchev–Trinajstić information content (AvgIpc) is 2.82. The van der Waals surface area contributed by atoms with Gasteiger partial charge < -0.3 is 10.2 Å². The molecule has 0 aromatic carbocycles. The number of H-pyrrole nitrogens is 1. The van der Waals surface area contributed by atoms with Gasteiger partial charge in [0.05, 0.1) is 6.20 Å². The molecular weight excluding hydrogens is 242 g/mol. The number of carbonyl (C=O) groups is 1. The van der Waals surface area contributed by atoms with Gasteiger partial charge in [-0.3, -0.25) is 5.10 Å². The number of aromatic amines is 1. The van der Waals surface area contributed by atoms with Crippen LogP contribution in [0, 0.1) is 0 Å². The minimum atomic E-state index is -2.62. The van der Waals surface area contributed by atoms with Crippen LogP contribution in [0.3, 0.4) is 0 Å². The lowest BCUT2D eigenvalue weighted by Crippen LogP contribution is -2.47. The summed E-state index contributed by atoms with van der Waals surface area (Å²) >= 11 is 0. The maximum atomic E-state index is 12.9. The van der Waals surface area contributed by atoms with Gasteiger partial charge in [0, 0.05) is 38.7 Å². The summed E-state index contributed by atoms with van der Waals surface area (Å²) in [5, 5.41) is 9.20. The van der Waals surface area contributed by atoms with Crippen LogP contribution in [0.1, 0.15) is 18.4 Å². The predicted molar refractivity (Wildman–Crippen MR) is 61.4 cm³/mol. The number of nitrogens with zero attached hydrogens (tertiary/aromatic N) is 2. The van der Waals surface area contributed by atoms with E-state index in [0.717, 1.165) is 5.56 Å². The fourth-order valence-electron chi connectivity index (χ4n) is 1.88. The van der Waals surface area contributed by atoms with Crippen LogP contribution >= 0.6 is 0 Å². The Morgan fingerprint density at radius 3 is 2.83 bits per heavy atom. The van der Waals surface area contributed by atoms with Crippen LogP contribution in [0.4, 0.5) is 13.6 Å². The molecular formula is C11H16F2N4O. The minimum absolute atomic E-state index is 0.116. The highest BCUT2D eigenvalue weighted by Gasteiger charge is 2.35. The molecule has 1 saturated heterocycles. The average molecular weight is 258 g/mol. The predicted octanol–water partition coefficient (Wildman–Crippen LogP) is 1.39. The van der Waals surface area contributed by atoms with Crippen LogP contribution < -0.4 is 5.32 Å². The quantitative estimate of drug-likeness (QED) is 0.860. The van der Waals surface area contributed by atoms with Gasteiger partial charge in [0.2, 0.25) is 0 Å². The number of likely N-dealkylation sites (tertiary alicyclic amines) is 1. The number of aromatic nitrogens is 2. The van der Waals surface area contributed by atoms with Crippen molar-refractivity contribution in [3.63, 3.8) is 0 Å². The van der Waals surface area contributed by atoms with E-state index in [0.29, 0.717) is 13.0 Å². The summed E-state index contributed by atoms with van der Waals surface area (Å²) in [6, 6.07) is -0.269. The molecule has 0 spiro atoms. The molecule has 100 valence electrons. The summed E-state index contributed by atoms with van der Waals surface area (Å²) in [4.78, 5) is 13.1. The third kappa shape index (κ3) is 3.41. The highest BCUT2D eigenvalue weighted by Crippen LogP contribution is 2.27. The van der Waals surface area contributed by atoms with E-state index in [2.05, 4.69) is 15.5 Å². The maximum absolute atomic E-state index is 12.9. The molecule has 0 radical (unpaired) electrons. The van der Waals surface area contributed by atoms with E-state index < -0.39 is 5.92 Å². The first-order valence-corrected chi connectivity index (χ1v) is 5.95. The van der Waals surface area contributed by atoms with Crippen molar-refractivity contribution in [2.45, 2.75) is 25.2 Å². The SMILES string of the molecule is O=C(NCCc1cn[nH]c1)N1CCC(F)(F)CC1. The molecule has 0 atom stereocenters. The summed E-state index contributed by atoms with van der Waals surface area (Å²) in [5.41, 5.74) is 1.00. The zero-order valence-electron chi connectivity index (χ0n) is 9.96. The Labute approximate surface area is 104 Å². The highest BCUT2D eigenvalue weighted by molar-refractivity contribution is 5.74. The number of rotatable bonds is 3. The molecule has 7 heteroatoms. The number of hydrogen-bond acceptors (Lipinski definition) is 2. The van der Waals surface area contributed by atoms with Crippen LogP contribution in [0.5, 0.6) is 0 Å². The lowest BCUT2D eigenvalue weighted by Gasteiger charge is -2.31. The second-order valence-electron chi connectivity index (χ2n) is 4.43. The van der Waals surface area contributed by atoms with Gasteiger partial charge in [0.1, 0.15) is 0 Å². The fourth-order valence-corrected chi connectivity index (χ4v) is 1.88. The van der Waals surface area contributed by atoms with Crippen LogP contribution in [0.25, 0.3) is 0 Å². The Kier molecular flexibility index (Phi) is 3.78. The van der Waals surface area contributed by atoms with Crippen molar-refractivity contribution in [2.75, 3.05) is 19.6 Å². The number of amides is 2. The van der Waals surface area contributed by atoms with E-state index in [-0.39, 0.29) is 32.0 Å². The van der Waals surface area contributed by atoms with Crippen LogP contribution in [-0.2, 0) is 6.42 Å². The monoisotopic (exact) mass is 258 g/mol. The van der Waals surface area contributed by atoms with Gasteiger partial charge in [-0.25, -0.2) is 13.6 Å². The number of piperidine rings is 1. The van der Waals surface area contributed by atoms with Crippen LogP contribution in [-0.4, -0.2) is 46.7 Å². The van der Waals surface area contributed by atoms with Gasteiger partial charge in [-0.2, -0.15) is 5.10 Å². The summed E-state index contributed by atoms with van der Waals surface area (Å²) in [6.07, 6.45) is 3.62. The van der Waals surface area contributed by atoms with E-state index in [4.69, 9.17) is 0 Å². The highest BCUT2D eigenvalue weighted by atomic mass is 19.3. The molecule has 1 fully saturated rings. The zero-order valence-corrected chi connectivity index (χ0v) is 9.96. The molecule has 2 amide bonds. The molecule has 0 saturated carbocycles. The second kappa shape index (κ2) is 5.32.